The van der Waals surface area contributed by atoms with E-state index >= 15 is 0 Å². The van der Waals surface area contributed by atoms with Crippen LogP contribution in [0.1, 0.15) is 25.0 Å². The minimum Gasteiger partial charge on any atom is -0.338 e. The molecular weight excluding hydrogens is 464 g/mol. The Morgan fingerprint density at radius 2 is 1.80 bits per heavy atom. The molecule has 2 fully saturated rings. The molecule has 1 aromatic heterocycles. The first-order chi connectivity index (χ1) is 16.8. The SMILES string of the molecule is Cc1cccc(CN2CCN(C(=O)[C@H]3OC(C)(C)O[C@@H]3C(=O)Nc3nc4ccccc4s3)CC2)c1. The smallest absolute Gasteiger partial charge is 0.258 e. The van der Waals surface area contributed by atoms with E-state index in [0.717, 1.165) is 29.9 Å². The largest absolute Gasteiger partial charge is 0.338 e. The maximum Gasteiger partial charge on any atom is 0.258 e. The molecule has 8 nitrogen and oxygen atoms in total. The van der Waals surface area contributed by atoms with Gasteiger partial charge in [-0.25, -0.2) is 4.98 Å². The average molecular weight is 495 g/mol. The van der Waals surface area contributed by atoms with Gasteiger partial charge in [0.25, 0.3) is 11.8 Å². The van der Waals surface area contributed by atoms with Crippen molar-refractivity contribution in [2.45, 2.75) is 45.3 Å². The van der Waals surface area contributed by atoms with Crippen molar-refractivity contribution in [1.29, 1.82) is 0 Å². The van der Waals surface area contributed by atoms with Gasteiger partial charge in [0.05, 0.1) is 10.2 Å². The Balaban J connectivity index is 1.22. The van der Waals surface area contributed by atoms with Crippen LogP contribution in [0.3, 0.4) is 0 Å². The van der Waals surface area contributed by atoms with E-state index < -0.39 is 23.9 Å². The summed E-state index contributed by atoms with van der Waals surface area (Å²) in [5.74, 6) is -1.68. The summed E-state index contributed by atoms with van der Waals surface area (Å²) in [6.07, 6.45) is -2.04. The third-order valence-corrected chi connectivity index (χ3v) is 7.25. The van der Waals surface area contributed by atoms with Gasteiger partial charge < -0.3 is 14.4 Å². The van der Waals surface area contributed by atoms with E-state index in [4.69, 9.17) is 9.47 Å². The molecule has 2 amide bonds. The van der Waals surface area contributed by atoms with Crippen LogP contribution in [0.15, 0.2) is 48.5 Å². The number of aryl methyl sites for hydroxylation is 1. The Morgan fingerprint density at radius 3 is 2.54 bits per heavy atom. The first-order valence-electron chi connectivity index (χ1n) is 11.9. The summed E-state index contributed by atoms with van der Waals surface area (Å²) >= 11 is 1.38. The van der Waals surface area contributed by atoms with Gasteiger partial charge in [-0.15, -0.1) is 0 Å². The second-order valence-corrected chi connectivity index (χ2v) is 10.6. The predicted molar refractivity (Wildman–Crippen MR) is 135 cm³/mol. The van der Waals surface area contributed by atoms with Crippen molar-refractivity contribution in [3.05, 3.63) is 59.7 Å². The Kier molecular flexibility index (Phi) is 6.59. The van der Waals surface area contributed by atoms with Crippen LogP contribution < -0.4 is 5.32 Å². The zero-order chi connectivity index (χ0) is 24.6. The molecule has 1 N–H and O–H groups in total. The van der Waals surface area contributed by atoms with Gasteiger partial charge in [-0.05, 0) is 38.5 Å². The number of anilines is 1. The summed E-state index contributed by atoms with van der Waals surface area (Å²) < 4.78 is 12.8. The van der Waals surface area contributed by atoms with Crippen LogP contribution in [0.5, 0.6) is 0 Å². The topological polar surface area (TPSA) is 84.0 Å². The second kappa shape index (κ2) is 9.66. The average Bonchev–Trinajstić information content (AvgIpc) is 3.38. The van der Waals surface area contributed by atoms with Gasteiger partial charge in [0.1, 0.15) is 0 Å². The van der Waals surface area contributed by atoms with Crippen LogP contribution in [0.2, 0.25) is 0 Å². The zero-order valence-corrected chi connectivity index (χ0v) is 21.0. The van der Waals surface area contributed by atoms with Crippen molar-refractivity contribution in [2.75, 3.05) is 31.5 Å². The molecule has 0 bridgehead atoms. The minimum atomic E-state index is -1.05. The maximum atomic E-state index is 13.4. The molecule has 3 heterocycles. The minimum absolute atomic E-state index is 0.213. The zero-order valence-electron chi connectivity index (χ0n) is 20.2. The van der Waals surface area contributed by atoms with Crippen LogP contribution in [-0.4, -0.2) is 70.8 Å². The van der Waals surface area contributed by atoms with Crippen molar-refractivity contribution in [1.82, 2.24) is 14.8 Å². The van der Waals surface area contributed by atoms with E-state index in [9.17, 15) is 9.59 Å². The molecule has 0 aliphatic carbocycles. The first kappa shape index (κ1) is 23.9. The summed E-state index contributed by atoms with van der Waals surface area (Å²) in [6.45, 7) is 9.07. The molecule has 0 radical (unpaired) electrons. The highest BCUT2D eigenvalue weighted by atomic mass is 32.1. The summed E-state index contributed by atoms with van der Waals surface area (Å²) in [6, 6.07) is 16.2. The molecule has 3 aromatic rings. The number of carbonyl (C=O) groups is 2. The molecule has 2 atom stereocenters. The van der Waals surface area contributed by atoms with E-state index in [0.29, 0.717) is 18.2 Å². The fourth-order valence-electron chi connectivity index (χ4n) is 4.61. The molecule has 0 saturated carbocycles. The summed E-state index contributed by atoms with van der Waals surface area (Å²) in [5, 5.41) is 3.29. The molecule has 0 unspecified atom stereocenters. The molecule has 9 heteroatoms. The van der Waals surface area contributed by atoms with E-state index in [1.54, 1.807) is 18.7 Å². The van der Waals surface area contributed by atoms with Crippen LogP contribution in [0, 0.1) is 6.92 Å². The molecule has 2 aliphatic rings. The number of benzene rings is 2. The number of nitrogens with zero attached hydrogens (tertiary/aromatic N) is 3. The Bertz CT molecular complexity index is 1200. The first-order valence-corrected chi connectivity index (χ1v) is 12.7. The molecule has 5 rings (SSSR count). The van der Waals surface area contributed by atoms with Gasteiger partial charge in [0.2, 0.25) is 0 Å². The van der Waals surface area contributed by atoms with Crippen molar-refractivity contribution in [2.24, 2.45) is 0 Å². The molecule has 2 aliphatic heterocycles. The summed E-state index contributed by atoms with van der Waals surface area (Å²) in [5.41, 5.74) is 3.32. The molecular formula is C26H30N4O4S. The van der Waals surface area contributed by atoms with Gasteiger partial charge in [0.15, 0.2) is 23.1 Å². The van der Waals surface area contributed by atoms with Gasteiger partial charge in [-0.2, -0.15) is 0 Å². The van der Waals surface area contributed by atoms with E-state index in [1.165, 1.54) is 22.5 Å². The van der Waals surface area contributed by atoms with E-state index in [2.05, 4.69) is 46.4 Å². The number of rotatable bonds is 5. The lowest BCUT2D eigenvalue weighted by Crippen LogP contribution is -2.54. The number of thiazole rings is 1. The third kappa shape index (κ3) is 5.38. The monoisotopic (exact) mass is 494 g/mol. The maximum absolute atomic E-state index is 13.4. The molecule has 2 saturated heterocycles. The van der Waals surface area contributed by atoms with Gasteiger partial charge in [0, 0.05) is 32.7 Å². The highest BCUT2D eigenvalue weighted by Crippen LogP contribution is 2.32. The number of para-hydroxylation sites is 1. The number of fused-ring (bicyclic) bond motifs is 1. The predicted octanol–water partition coefficient (Wildman–Crippen LogP) is 3.41. The van der Waals surface area contributed by atoms with Crippen molar-refractivity contribution in [3.63, 3.8) is 0 Å². The lowest BCUT2D eigenvalue weighted by atomic mass is 10.1. The van der Waals surface area contributed by atoms with E-state index in [1.807, 2.05) is 24.3 Å². The number of amides is 2. The number of ether oxygens (including phenoxy) is 2. The molecule has 184 valence electrons. The number of nitrogens with one attached hydrogen (secondary N) is 1. The standard InChI is InChI=1S/C26H30N4O4S/c1-17-7-6-8-18(15-17)16-29-11-13-30(14-12-29)24(32)22-21(33-26(2,3)34-22)23(31)28-25-27-19-9-4-5-10-20(19)35-25/h4-10,15,21-22H,11-14,16H2,1-3H3,(H,27,28,31)/t21-,22-/m0/s1. The van der Waals surface area contributed by atoms with E-state index in [-0.39, 0.29) is 5.91 Å². The lowest BCUT2D eigenvalue weighted by molar-refractivity contribution is -0.163. The lowest BCUT2D eigenvalue weighted by Gasteiger charge is -2.36. The van der Waals surface area contributed by atoms with Crippen LogP contribution in [-0.2, 0) is 25.6 Å². The molecule has 0 spiro atoms. The van der Waals surface area contributed by atoms with Crippen molar-refractivity contribution in [3.8, 4) is 0 Å². The number of hydrogen-bond donors (Lipinski definition) is 1. The highest BCUT2D eigenvalue weighted by molar-refractivity contribution is 7.22. The fraction of sp³-hybridized carbons (Fsp3) is 0.423. The van der Waals surface area contributed by atoms with Crippen LogP contribution >= 0.6 is 11.3 Å². The molecule has 35 heavy (non-hydrogen) atoms. The van der Waals surface area contributed by atoms with Gasteiger partial charge in [-0.1, -0.05) is 53.3 Å². The van der Waals surface area contributed by atoms with Gasteiger partial charge >= 0.3 is 0 Å². The Morgan fingerprint density at radius 1 is 1.06 bits per heavy atom. The number of hydrogen-bond acceptors (Lipinski definition) is 7. The quantitative estimate of drug-likeness (QED) is 0.585. The highest BCUT2D eigenvalue weighted by Gasteiger charge is 2.50. The van der Waals surface area contributed by atoms with Crippen LogP contribution in [0.25, 0.3) is 10.2 Å². The van der Waals surface area contributed by atoms with Crippen molar-refractivity contribution >= 4 is 38.5 Å². The fourth-order valence-corrected chi connectivity index (χ4v) is 5.48. The van der Waals surface area contributed by atoms with Gasteiger partial charge in [-0.3, -0.25) is 19.8 Å². The van der Waals surface area contributed by atoms with Crippen LogP contribution in [0.4, 0.5) is 5.13 Å². The Hall–Kier alpha value is -2.85. The molecule has 2 aromatic carbocycles. The normalized spacial score (nSPS) is 22.4. The summed E-state index contributed by atoms with van der Waals surface area (Å²) in [4.78, 5) is 35.1. The Labute approximate surface area is 208 Å². The number of aromatic nitrogens is 1. The number of piperazine rings is 1. The number of carbonyl (C=O) groups excluding carboxylic acids is 2. The second-order valence-electron chi connectivity index (χ2n) is 9.54. The third-order valence-electron chi connectivity index (χ3n) is 6.29. The summed E-state index contributed by atoms with van der Waals surface area (Å²) in [7, 11) is 0. The van der Waals surface area contributed by atoms with Crippen molar-refractivity contribution < 1.29 is 19.1 Å².